The van der Waals surface area contributed by atoms with Crippen LogP contribution in [0.1, 0.15) is 5.56 Å². The van der Waals surface area contributed by atoms with Gasteiger partial charge in [0.2, 0.25) is 0 Å². The smallest absolute Gasteiger partial charge is 0.153 e. The molecule has 0 fully saturated rings. The van der Waals surface area contributed by atoms with Crippen molar-refractivity contribution in [3.63, 3.8) is 0 Å². The van der Waals surface area contributed by atoms with Crippen LogP contribution in [0.25, 0.3) is 0 Å². The monoisotopic (exact) mass is 279 g/mol. The first-order valence-corrected chi connectivity index (χ1v) is 7.00. The average Bonchev–Trinajstić information content (AvgIpc) is 2.66. The van der Waals surface area contributed by atoms with Gasteiger partial charge < -0.3 is 9.64 Å². The Morgan fingerprint density at radius 3 is 2.50 bits per heavy atom. The van der Waals surface area contributed by atoms with Crippen molar-refractivity contribution in [2.45, 2.75) is 5.60 Å². The molecule has 1 unspecified atom stereocenters. The Kier molecular flexibility index (Phi) is 4.22. The Morgan fingerprint density at radius 2 is 1.94 bits per heavy atom. The molecule has 0 saturated carbocycles. The van der Waals surface area contributed by atoms with E-state index in [-0.39, 0.29) is 0 Å². The molecule has 0 radical (unpaired) electrons. The lowest BCUT2D eigenvalue weighted by Crippen LogP contribution is -2.30. The van der Waals surface area contributed by atoms with E-state index in [1.807, 2.05) is 18.2 Å². The lowest BCUT2D eigenvalue weighted by Gasteiger charge is -2.25. The maximum atomic E-state index is 5.75. The summed E-state index contributed by atoms with van der Waals surface area (Å²) in [5, 5.41) is 0. The van der Waals surface area contributed by atoms with Crippen molar-refractivity contribution in [2.75, 3.05) is 27.7 Å². The number of nitrogens with zero attached hydrogens (tertiary/aromatic N) is 1. The quantitative estimate of drug-likeness (QED) is 0.785. The molecule has 18 heavy (non-hydrogen) atoms. The summed E-state index contributed by atoms with van der Waals surface area (Å²) in [5.41, 5.74) is 0.547. The van der Waals surface area contributed by atoms with Crippen molar-refractivity contribution in [1.29, 1.82) is 0 Å². The van der Waals surface area contributed by atoms with E-state index in [0.29, 0.717) is 0 Å². The van der Waals surface area contributed by atoms with Gasteiger partial charge >= 0.3 is 0 Å². The average molecular weight is 279 g/mol. The van der Waals surface area contributed by atoms with Crippen LogP contribution < -0.4 is 0 Å². The highest BCUT2D eigenvalue weighted by Gasteiger charge is 2.40. The summed E-state index contributed by atoms with van der Waals surface area (Å²) in [6, 6.07) is 10.2. The minimum atomic E-state index is -0.549. The van der Waals surface area contributed by atoms with Gasteiger partial charge in [-0.25, -0.2) is 0 Å². The van der Waals surface area contributed by atoms with Gasteiger partial charge in [-0.1, -0.05) is 54.3 Å². The third-order valence-electron chi connectivity index (χ3n) is 2.89. The van der Waals surface area contributed by atoms with Crippen molar-refractivity contribution in [3.05, 3.63) is 46.9 Å². The van der Waals surface area contributed by atoms with E-state index in [1.54, 1.807) is 18.9 Å². The highest BCUT2D eigenvalue weighted by atomic mass is 32.2. The molecular weight excluding hydrogens is 262 g/mol. The molecule has 1 aliphatic rings. The molecule has 1 aromatic carbocycles. The minimum Gasteiger partial charge on any atom is -0.363 e. The fraction of sp³-hybridized carbons (Fsp3) is 0.357. The second-order valence-corrected chi connectivity index (χ2v) is 6.35. The lowest BCUT2D eigenvalue weighted by atomic mass is 9.95. The molecule has 1 aliphatic heterocycles. The number of thiocarbonyl (C=S) groups is 1. The zero-order chi connectivity index (χ0) is 13.2. The van der Waals surface area contributed by atoms with Crippen LogP contribution in [0.5, 0.6) is 0 Å². The molecule has 0 bridgehead atoms. The van der Waals surface area contributed by atoms with Crippen LogP contribution in [0.3, 0.4) is 0 Å². The van der Waals surface area contributed by atoms with Gasteiger partial charge in [0.15, 0.2) is 5.60 Å². The van der Waals surface area contributed by atoms with Crippen LogP contribution >= 0.6 is 24.0 Å². The topological polar surface area (TPSA) is 12.5 Å². The first-order chi connectivity index (χ1) is 8.58. The van der Waals surface area contributed by atoms with Gasteiger partial charge in [-0.15, -0.1) is 0 Å². The molecule has 1 atom stereocenters. The first-order valence-electron chi connectivity index (χ1n) is 5.78. The van der Waals surface area contributed by atoms with Crippen LogP contribution in [-0.2, 0) is 10.3 Å². The van der Waals surface area contributed by atoms with Gasteiger partial charge in [0.25, 0.3) is 0 Å². The standard InChI is InChI=1S/C14H17NOS2/c1-15(2)10-12-9-14(16-3,13(17)18-12)11-7-5-4-6-8-11/h4-9H,10H2,1-3H3. The van der Waals surface area contributed by atoms with E-state index in [1.165, 1.54) is 4.91 Å². The number of likely N-dealkylation sites (N-methyl/N-ethyl adjacent to an activating group) is 1. The molecule has 1 heterocycles. The largest absolute Gasteiger partial charge is 0.363 e. The van der Waals surface area contributed by atoms with Crippen molar-refractivity contribution in [2.24, 2.45) is 0 Å². The van der Waals surface area contributed by atoms with E-state index in [9.17, 15) is 0 Å². The number of thioether (sulfide) groups is 1. The Bertz CT molecular complexity index is 470. The Hall–Kier alpha value is -0.680. The van der Waals surface area contributed by atoms with Crippen molar-refractivity contribution < 1.29 is 4.74 Å². The van der Waals surface area contributed by atoms with Gasteiger partial charge in [-0.05, 0) is 25.7 Å². The van der Waals surface area contributed by atoms with Gasteiger partial charge in [0, 0.05) is 18.6 Å². The summed E-state index contributed by atoms with van der Waals surface area (Å²) >= 11 is 7.18. The number of rotatable bonds is 4. The fourth-order valence-electron chi connectivity index (χ4n) is 2.05. The highest BCUT2D eigenvalue weighted by Crippen LogP contribution is 2.44. The number of hydrogen-bond donors (Lipinski definition) is 0. The third kappa shape index (κ3) is 2.52. The van der Waals surface area contributed by atoms with Crippen LogP contribution in [0, 0.1) is 0 Å². The number of hydrogen-bond acceptors (Lipinski definition) is 4. The molecule has 4 heteroatoms. The van der Waals surface area contributed by atoms with Gasteiger partial charge in [-0.2, -0.15) is 0 Å². The summed E-state index contributed by atoms with van der Waals surface area (Å²) in [4.78, 5) is 3.38. The second-order valence-electron chi connectivity index (χ2n) is 4.54. The highest BCUT2D eigenvalue weighted by molar-refractivity contribution is 8.26. The summed E-state index contributed by atoms with van der Waals surface area (Å²) in [7, 11) is 5.83. The molecule has 0 aromatic heterocycles. The summed E-state index contributed by atoms with van der Waals surface area (Å²) in [6.45, 7) is 0.892. The molecular formula is C14H17NOS2. The maximum Gasteiger partial charge on any atom is 0.153 e. The Labute approximate surface area is 118 Å². The van der Waals surface area contributed by atoms with E-state index in [2.05, 4.69) is 37.2 Å². The van der Waals surface area contributed by atoms with Crippen molar-refractivity contribution in [1.82, 2.24) is 4.90 Å². The maximum absolute atomic E-state index is 5.75. The summed E-state index contributed by atoms with van der Waals surface area (Å²) in [6.07, 6.45) is 2.15. The molecule has 0 amide bonds. The fourth-order valence-corrected chi connectivity index (χ4v) is 3.83. The molecule has 0 N–H and O–H groups in total. The minimum absolute atomic E-state index is 0.549. The molecule has 0 aliphatic carbocycles. The predicted octanol–water partition coefficient (Wildman–Crippen LogP) is 3.05. The number of methoxy groups -OCH3 is 1. The number of benzene rings is 1. The van der Waals surface area contributed by atoms with E-state index >= 15 is 0 Å². The van der Waals surface area contributed by atoms with Gasteiger partial charge in [-0.3, -0.25) is 0 Å². The van der Waals surface area contributed by atoms with Crippen LogP contribution in [0.2, 0.25) is 0 Å². The molecule has 1 aromatic rings. The van der Waals surface area contributed by atoms with Crippen LogP contribution in [0.4, 0.5) is 0 Å². The molecule has 0 spiro atoms. The van der Waals surface area contributed by atoms with Crippen LogP contribution in [-0.4, -0.2) is 36.8 Å². The first kappa shape index (κ1) is 13.7. The molecule has 2 rings (SSSR count). The Balaban J connectivity index is 2.38. The molecule has 0 saturated heterocycles. The van der Waals surface area contributed by atoms with E-state index in [4.69, 9.17) is 17.0 Å². The van der Waals surface area contributed by atoms with E-state index < -0.39 is 5.60 Å². The predicted molar refractivity (Wildman–Crippen MR) is 82.0 cm³/mol. The third-order valence-corrected chi connectivity index (χ3v) is 4.44. The van der Waals surface area contributed by atoms with Crippen molar-refractivity contribution in [3.8, 4) is 0 Å². The molecule has 2 nitrogen and oxygen atoms in total. The second kappa shape index (κ2) is 5.53. The number of ether oxygens (including phenoxy) is 1. The lowest BCUT2D eigenvalue weighted by molar-refractivity contribution is 0.0953. The SMILES string of the molecule is COC1(c2ccccc2)C=C(CN(C)C)SC1=S. The van der Waals surface area contributed by atoms with Gasteiger partial charge in [0.1, 0.15) is 0 Å². The van der Waals surface area contributed by atoms with Gasteiger partial charge in [0.05, 0.1) is 4.20 Å². The van der Waals surface area contributed by atoms with Crippen molar-refractivity contribution >= 4 is 28.2 Å². The summed E-state index contributed by atoms with van der Waals surface area (Å²) in [5.74, 6) is 0. The zero-order valence-corrected chi connectivity index (χ0v) is 12.5. The molecule has 96 valence electrons. The van der Waals surface area contributed by atoms with E-state index in [0.717, 1.165) is 16.3 Å². The normalized spacial score (nSPS) is 23.6. The zero-order valence-electron chi connectivity index (χ0n) is 10.8. The van der Waals surface area contributed by atoms with Crippen LogP contribution in [0.15, 0.2) is 41.3 Å². The summed E-state index contributed by atoms with van der Waals surface area (Å²) < 4.78 is 6.62. The Morgan fingerprint density at radius 1 is 1.28 bits per heavy atom.